The van der Waals surface area contributed by atoms with E-state index in [9.17, 15) is 4.79 Å². The van der Waals surface area contributed by atoms with Gasteiger partial charge in [0.15, 0.2) is 5.82 Å². The molecule has 0 atom stereocenters. The van der Waals surface area contributed by atoms with Crippen LogP contribution in [0.1, 0.15) is 40.5 Å². The van der Waals surface area contributed by atoms with Crippen molar-refractivity contribution in [1.29, 1.82) is 0 Å². The molecule has 2 aromatic carbocycles. The van der Waals surface area contributed by atoms with Gasteiger partial charge in [-0.1, -0.05) is 48.4 Å². The van der Waals surface area contributed by atoms with E-state index in [1.807, 2.05) is 43.3 Å². The average Bonchev–Trinajstić information content (AvgIpc) is 3.31. The Bertz CT molecular complexity index is 1280. The molecule has 0 spiro atoms. The highest BCUT2D eigenvalue weighted by molar-refractivity contribution is 7.17. The fourth-order valence-electron chi connectivity index (χ4n) is 3.96. The van der Waals surface area contributed by atoms with Gasteiger partial charge in [-0.2, -0.15) is 0 Å². The number of amides is 1. The third kappa shape index (κ3) is 4.06. The fourth-order valence-corrected chi connectivity index (χ4v) is 5.13. The summed E-state index contributed by atoms with van der Waals surface area (Å²) in [6.45, 7) is 2.74. The summed E-state index contributed by atoms with van der Waals surface area (Å²) in [6.07, 6.45) is 4.34. The van der Waals surface area contributed by atoms with Crippen molar-refractivity contribution in [3.05, 3.63) is 69.9 Å². The Morgan fingerprint density at radius 2 is 1.94 bits per heavy atom. The predicted octanol–water partition coefficient (Wildman–Crippen LogP) is 6.01. The minimum atomic E-state index is -0.185. The molecule has 0 radical (unpaired) electrons. The molecule has 4 aromatic rings. The van der Waals surface area contributed by atoms with Gasteiger partial charge in [0, 0.05) is 29.8 Å². The molecule has 1 aliphatic rings. The van der Waals surface area contributed by atoms with E-state index in [0.29, 0.717) is 21.3 Å². The second-order valence-electron chi connectivity index (χ2n) is 7.85. The Balaban J connectivity index is 1.42. The lowest BCUT2D eigenvalue weighted by Crippen LogP contribution is -2.11. The highest BCUT2D eigenvalue weighted by Crippen LogP contribution is 2.32. The molecule has 0 unspecified atom stereocenters. The van der Waals surface area contributed by atoms with E-state index in [1.165, 1.54) is 17.8 Å². The first kappa shape index (κ1) is 20.8. The summed E-state index contributed by atoms with van der Waals surface area (Å²) in [4.78, 5) is 18.2. The van der Waals surface area contributed by atoms with Gasteiger partial charge in [-0.3, -0.25) is 4.79 Å². The van der Waals surface area contributed by atoms with Gasteiger partial charge in [0.2, 0.25) is 0 Å². The van der Waals surface area contributed by atoms with E-state index in [4.69, 9.17) is 11.6 Å². The van der Waals surface area contributed by atoms with Crippen molar-refractivity contribution in [3.8, 4) is 22.0 Å². The quantitative estimate of drug-likeness (QED) is 0.402. The zero-order chi connectivity index (χ0) is 22.1. The van der Waals surface area contributed by atoms with E-state index < -0.39 is 0 Å². The fraction of sp³-hybridized carbons (Fsp3) is 0.250. The first-order chi connectivity index (χ1) is 15.6. The van der Waals surface area contributed by atoms with Gasteiger partial charge in [-0.25, -0.2) is 4.98 Å². The van der Waals surface area contributed by atoms with Crippen LogP contribution in [0, 0.1) is 6.92 Å². The van der Waals surface area contributed by atoms with Crippen LogP contribution < -0.4 is 5.32 Å². The molecule has 0 aliphatic carbocycles. The van der Waals surface area contributed by atoms with Gasteiger partial charge >= 0.3 is 0 Å². The number of hydrogen-bond donors (Lipinski definition) is 1. The summed E-state index contributed by atoms with van der Waals surface area (Å²) in [5.41, 5.74) is 3.15. The summed E-state index contributed by atoms with van der Waals surface area (Å²) >= 11 is 7.91. The molecule has 162 valence electrons. The summed E-state index contributed by atoms with van der Waals surface area (Å²) in [6, 6.07) is 15.3. The van der Waals surface area contributed by atoms with Crippen LogP contribution in [0.25, 0.3) is 22.0 Å². The molecule has 0 saturated heterocycles. The third-order valence-electron chi connectivity index (χ3n) is 5.60. The lowest BCUT2D eigenvalue weighted by Gasteiger charge is -2.11. The van der Waals surface area contributed by atoms with Gasteiger partial charge < -0.3 is 9.88 Å². The highest BCUT2D eigenvalue weighted by Gasteiger charge is 2.20. The largest absolute Gasteiger partial charge is 0.321 e. The van der Waals surface area contributed by atoms with E-state index in [-0.39, 0.29) is 5.91 Å². The molecule has 0 fully saturated rings. The Morgan fingerprint density at radius 3 is 2.78 bits per heavy atom. The number of hydrogen-bond acceptors (Lipinski definition) is 5. The van der Waals surface area contributed by atoms with Crippen LogP contribution >= 0.6 is 22.9 Å². The number of thiazole rings is 1. The maximum absolute atomic E-state index is 13.0. The number of aryl methyl sites for hydroxylation is 2. The Morgan fingerprint density at radius 1 is 1.09 bits per heavy atom. The number of aromatic nitrogens is 4. The van der Waals surface area contributed by atoms with Crippen LogP contribution in [-0.2, 0) is 13.0 Å². The third-order valence-corrected chi connectivity index (χ3v) is 7.13. The molecule has 1 N–H and O–H groups in total. The molecule has 0 saturated carbocycles. The first-order valence-corrected chi connectivity index (χ1v) is 11.9. The van der Waals surface area contributed by atoms with Gasteiger partial charge in [0.05, 0.1) is 10.7 Å². The molecule has 32 heavy (non-hydrogen) atoms. The van der Waals surface area contributed by atoms with Crippen LogP contribution in [0.15, 0.2) is 48.5 Å². The van der Waals surface area contributed by atoms with E-state index in [0.717, 1.165) is 53.6 Å². The van der Waals surface area contributed by atoms with E-state index >= 15 is 0 Å². The van der Waals surface area contributed by atoms with Crippen molar-refractivity contribution in [2.75, 3.05) is 5.32 Å². The number of anilines is 1. The van der Waals surface area contributed by atoms with Crippen LogP contribution in [0.2, 0.25) is 5.02 Å². The molecular weight excluding hydrogens is 442 g/mol. The molecule has 1 amide bonds. The minimum Gasteiger partial charge on any atom is -0.321 e. The van der Waals surface area contributed by atoms with E-state index in [2.05, 4.69) is 25.1 Å². The van der Waals surface area contributed by atoms with Crippen molar-refractivity contribution in [1.82, 2.24) is 19.7 Å². The summed E-state index contributed by atoms with van der Waals surface area (Å²) in [5, 5.41) is 13.2. The Labute approximate surface area is 195 Å². The lowest BCUT2D eigenvalue weighted by molar-refractivity contribution is 0.103. The number of fused-ring (bicyclic) bond motifs is 1. The standard InChI is InChI=1S/C24H22ClN5OS/c1-15-21(32-24(26-15)16-8-4-2-5-9-16)23(31)27-17-11-12-19(25)18(14-17)22-29-28-20-10-6-3-7-13-30(20)22/h2,4-5,8-9,11-12,14H,3,6-7,10,13H2,1H3,(H,27,31). The second-order valence-corrected chi connectivity index (χ2v) is 9.26. The number of benzene rings is 2. The van der Waals surface area contributed by atoms with Crippen molar-refractivity contribution in [3.63, 3.8) is 0 Å². The predicted molar refractivity (Wildman–Crippen MR) is 128 cm³/mol. The van der Waals surface area contributed by atoms with Crippen molar-refractivity contribution >= 4 is 34.5 Å². The van der Waals surface area contributed by atoms with Crippen LogP contribution in [0.4, 0.5) is 5.69 Å². The van der Waals surface area contributed by atoms with E-state index in [1.54, 1.807) is 12.1 Å². The molecule has 6 nitrogen and oxygen atoms in total. The first-order valence-electron chi connectivity index (χ1n) is 10.7. The van der Waals surface area contributed by atoms with Gasteiger partial charge in [-0.05, 0) is 38.0 Å². The lowest BCUT2D eigenvalue weighted by atomic mass is 10.1. The molecular formula is C24H22ClN5OS. The monoisotopic (exact) mass is 463 g/mol. The Kier molecular flexibility index (Phi) is 5.76. The number of nitrogens with one attached hydrogen (secondary N) is 1. The summed E-state index contributed by atoms with van der Waals surface area (Å²) in [7, 11) is 0. The average molecular weight is 464 g/mol. The summed E-state index contributed by atoms with van der Waals surface area (Å²) < 4.78 is 2.15. The molecule has 3 heterocycles. The zero-order valence-electron chi connectivity index (χ0n) is 17.6. The van der Waals surface area contributed by atoms with Crippen LogP contribution in [0.3, 0.4) is 0 Å². The maximum atomic E-state index is 13.0. The van der Waals surface area contributed by atoms with Crippen molar-refractivity contribution in [2.24, 2.45) is 0 Å². The zero-order valence-corrected chi connectivity index (χ0v) is 19.2. The smallest absolute Gasteiger partial charge is 0.267 e. The number of carbonyl (C=O) groups is 1. The van der Waals surface area contributed by atoms with Crippen molar-refractivity contribution < 1.29 is 4.79 Å². The number of nitrogens with zero attached hydrogens (tertiary/aromatic N) is 4. The summed E-state index contributed by atoms with van der Waals surface area (Å²) in [5.74, 6) is 1.57. The highest BCUT2D eigenvalue weighted by atomic mass is 35.5. The number of halogens is 1. The van der Waals surface area contributed by atoms with Crippen molar-refractivity contribution in [2.45, 2.75) is 39.2 Å². The second kappa shape index (κ2) is 8.84. The molecule has 0 bridgehead atoms. The normalized spacial score (nSPS) is 13.4. The molecule has 5 rings (SSSR count). The Hall–Kier alpha value is -3.03. The number of rotatable bonds is 4. The molecule has 1 aliphatic heterocycles. The maximum Gasteiger partial charge on any atom is 0.267 e. The van der Waals surface area contributed by atoms with Crippen LogP contribution in [-0.4, -0.2) is 25.7 Å². The topological polar surface area (TPSA) is 72.7 Å². The SMILES string of the molecule is Cc1nc(-c2ccccc2)sc1C(=O)Nc1ccc(Cl)c(-c2nnc3n2CCCCC3)c1. The van der Waals surface area contributed by atoms with Gasteiger partial charge in [-0.15, -0.1) is 21.5 Å². The van der Waals surface area contributed by atoms with Gasteiger partial charge in [0.1, 0.15) is 15.7 Å². The molecule has 8 heteroatoms. The van der Waals surface area contributed by atoms with Crippen LogP contribution in [0.5, 0.6) is 0 Å². The molecule has 2 aromatic heterocycles. The van der Waals surface area contributed by atoms with Gasteiger partial charge in [0.25, 0.3) is 5.91 Å². The minimum absolute atomic E-state index is 0.185. The number of carbonyl (C=O) groups excluding carboxylic acids is 1.